The second kappa shape index (κ2) is 11.7. The third kappa shape index (κ3) is 5.19. The Morgan fingerprint density at radius 1 is 1.00 bits per heavy atom. The molecule has 5 aliphatic rings. The summed E-state index contributed by atoms with van der Waals surface area (Å²) in [6.45, 7) is 15.0. The first-order chi connectivity index (χ1) is 20.0. The van der Waals surface area contributed by atoms with E-state index in [9.17, 15) is 30.3 Å². The Hall–Kier alpha value is -0.870. The van der Waals surface area contributed by atoms with Crippen LogP contribution in [0.2, 0.25) is 0 Å². The van der Waals surface area contributed by atoms with Crippen molar-refractivity contribution >= 4 is 5.78 Å². The van der Waals surface area contributed by atoms with Crippen molar-refractivity contribution in [1.82, 2.24) is 0 Å². The molecule has 5 fully saturated rings. The van der Waals surface area contributed by atoms with Gasteiger partial charge in [0, 0.05) is 12.3 Å². The van der Waals surface area contributed by atoms with Crippen molar-refractivity contribution in [3.8, 4) is 0 Å². The standard InChI is InChI=1S/C35H58O8/c1-19(2)9-8-13-35(7,43-31-30(41)29(40)28(39)25(18-36)42-31)22-11-16-34(6)27(22)24(38)17-26-32(4)14-12-23(37)20(3)21(32)10-15-33(26,34)5/h9,20-23,25-31,36-37,39-41H,8,10-18H2,1-7H3/t20-,21+,22-,23-,25+,26-,27-,28+,29-,30+,31-,32-,33+,34+,35-/m0/s1. The molecule has 43 heavy (non-hydrogen) atoms. The van der Waals surface area contributed by atoms with Crippen LogP contribution in [0.15, 0.2) is 11.6 Å². The topological polar surface area (TPSA) is 137 Å². The summed E-state index contributed by atoms with van der Waals surface area (Å²) >= 11 is 0. The van der Waals surface area contributed by atoms with E-state index in [1.165, 1.54) is 5.57 Å². The third-order valence-electron chi connectivity index (χ3n) is 13.9. The number of ketones is 1. The number of fused-ring (bicyclic) bond motifs is 5. The van der Waals surface area contributed by atoms with Crippen LogP contribution in [-0.2, 0) is 14.3 Å². The lowest BCUT2D eigenvalue weighted by atomic mass is 9.36. The van der Waals surface area contributed by atoms with Crippen molar-refractivity contribution in [2.45, 2.75) is 149 Å². The molecule has 0 aromatic rings. The summed E-state index contributed by atoms with van der Waals surface area (Å²) in [7, 11) is 0. The Bertz CT molecular complexity index is 1070. The van der Waals surface area contributed by atoms with E-state index in [0.717, 1.165) is 44.9 Å². The maximum atomic E-state index is 14.5. The summed E-state index contributed by atoms with van der Waals surface area (Å²) in [5.41, 5.74) is 0.101. The quantitative estimate of drug-likeness (QED) is 0.273. The number of rotatable bonds is 7. The van der Waals surface area contributed by atoms with E-state index in [0.29, 0.717) is 24.5 Å². The molecule has 0 aromatic carbocycles. The lowest BCUT2D eigenvalue weighted by molar-refractivity contribution is -0.333. The zero-order valence-corrected chi connectivity index (χ0v) is 27.5. The molecule has 0 unspecified atom stereocenters. The first-order valence-corrected chi connectivity index (χ1v) is 16.9. The smallest absolute Gasteiger partial charge is 0.187 e. The molecule has 0 spiro atoms. The molecule has 1 aliphatic heterocycles. The van der Waals surface area contributed by atoms with Gasteiger partial charge in [0.2, 0.25) is 0 Å². The highest BCUT2D eigenvalue weighted by Crippen LogP contribution is 2.74. The summed E-state index contributed by atoms with van der Waals surface area (Å²) in [5, 5.41) is 52.3. The van der Waals surface area contributed by atoms with E-state index >= 15 is 0 Å². The van der Waals surface area contributed by atoms with Crippen LogP contribution in [-0.4, -0.2) is 80.3 Å². The van der Waals surface area contributed by atoms with Crippen LogP contribution in [0.25, 0.3) is 0 Å². The molecule has 1 heterocycles. The van der Waals surface area contributed by atoms with Crippen molar-refractivity contribution in [1.29, 1.82) is 0 Å². The lowest BCUT2D eigenvalue weighted by Crippen LogP contribution is -2.65. The van der Waals surface area contributed by atoms with Crippen LogP contribution < -0.4 is 0 Å². The highest BCUT2D eigenvalue weighted by atomic mass is 16.7. The molecule has 5 N–H and O–H groups in total. The largest absolute Gasteiger partial charge is 0.394 e. The second-order valence-corrected chi connectivity index (χ2v) is 16.2. The Labute approximate surface area is 258 Å². The minimum atomic E-state index is -1.52. The van der Waals surface area contributed by atoms with Gasteiger partial charge in [0.05, 0.1) is 18.3 Å². The molecule has 0 aromatic heterocycles. The van der Waals surface area contributed by atoms with Gasteiger partial charge in [-0.1, -0.05) is 39.3 Å². The predicted molar refractivity (Wildman–Crippen MR) is 163 cm³/mol. The summed E-state index contributed by atoms with van der Waals surface area (Å²) in [4.78, 5) is 14.5. The fourth-order valence-electron chi connectivity index (χ4n) is 11.1. The molecule has 8 heteroatoms. The normalized spacial score (nSPS) is 51.2. The molecule has 5 rings (SSSR count). The lowest BCUT2D eigenvalue weighted by Gasteiger charge is -2.68. The van der Waals surface area contributed by atoms with Crippen molar-refractivity contribution < 1.29 is 39.8 Å². The summed E-state index contributed by atoms with van der Waals surface area (Å²) < 4.78 is 12.5. The van der Waals surface area contributed by atoms with Crippen molar-refractivity contribution in [3.63, 3.8) is 0 Å². The first-order valence-electron chi connectivity index (χ1n) is 16.9. The molecule has 0 radical (unpaired) electrons. The van der Waals surface area contributed by atoms with Gasteiger partial charge >= 0.3 is 0 Å². The van der Waals surface area contributed by atoms with Gasteiger partial charge in [-0.05, 0) is 112 Å². The average molecular weight is 607 g/mol. The number of hydrogen-bond donors (Lipinski definition) is 5. The van der Waals surface area contributed by atoms with Gasteiger partial charge < -0.3 is 35.0 Å². The number of Topliss-reactive ketones (excluding diaryl/α,β-unsaturated/α-hetero) is 1. The number of aliphatic hydroxyl groups is 5. The number of hydrogen-bond acceptors (Lipinski definition) is 8. The van der Waals surface area contributed by atoms with Crippen LogP contribution in [0.3, 0.4) is 0 Å². The number of allylic oxidation sites excluding steroid dienone is 2. The monoisotopic (exact) mass is 606 g/mol. The van der Waals surface area contributed by atoms with Crippen LogP contribution in [0, 0.1) is 45.8 Å². The second-order valence-electron chi connectivity index (χ2n) is 16.2. The van der Waals surface area contributed by atoms with Crippen molar-refractivity contribution in [2.75, 3.05) is 6.61 Å². The minimum absolute atomic E-state index is 0.0208. The molecule has 4 saturated carbocycles. The Balaban J connectivity index is 1.48. The number of aliphatic hydroxyl groups excluding tert-OH is 5. The Morgan fingerprint density at radius 2 is 1.67 bits per heavy atom. The van der Waals surface area contributed by atoms with E-state index in [1.807, 2.05) is 6.92 Å². The molecular weight excluding hydrogens is 548 g/mol. The molecule has 4 aliphatic carbocycles. The molecular formula is C35H58O8. The molecule has 1 saturated heterocycles. The average Bonchev–Trinajstić information content (AvgIpc) is 3.33. The van der Waals surface area contributed by atoms with Crippen molar-refractivity contribution in [2.24, 2.45) is 45.8 Å². The molecule has 246 valence electrons. The van der Waals surface area contributed by atoms with E-state index in [1.54, 1.807) is 0 Å². The van der Waals surface area contributed by atoms with Gasteiger partial charge in [0.15, 0.2) is 6.29 Å². The number of carbonyl (C=O) groups is 1. The first kappa shape index (κ1) is 33.5. The minimum Gasteiger partial charge on any atom is -0.394 e. The van der Waals surface area contributed by atoms with Crippen LogP contribution in [0.5, 0.6) is 0 Å². The third-order valence-corrected chi connectivity index (χ3v) is 13.9. The van der Waals surface area contributed by atoms with Crippen molar-refractivity contribution in [3.05, 3.63) is 11.6 Å². The highest BCUT2D eigenvalue weighted by molar-refractivity contribution is 5.84. The molecule has 8 nitrogen and oxygen atoms in total. The Kier molecular flexibility index (Phi) is 9.14. The number of ether oxygens (including phenoxy) is 2. The van der Waals surface area contributed by atoms with E-state index < -0.39 is 42.9 Å². The van der Waals surface area contributed by atoms with Gasteiger partial charge in [0.1, 0.15) is 30.2 Å². The van der Waals surface area contributed by atoms with Gasteiger partial charge in [-0.25, -0.2) is 0 Å². The Morgan fingerprint density at radius 3 is 2.33 bits per heavy atom. The fraction of sp³-hybridized carbons (Fsp3) is 0.914. The van der Waals surface area contributed by atoms with Gasteiger partial charge in [-0.2, -0.15) is 0 Å². The van der Waals surface area contributed by atoms with E-state index in [2.05, 4.69) is 47.6 Å². The fourth-order valence-corrected chi connectivity index (χ4v) is 11.1. The summed E-state index contributed by atoms with van der Waals surface area (Å²) in [6, 6.07) is 0. The van der Waals surface area contributed by atoms with Crippen LogP contribution in [0.4, 0.5) is 0 Å². The van der Waals surface area contributed by atoms with Crippen LogP contribution >= 0.6 is 0 Å². The zero-order chi connectivity index (χ0) is 31.7. The maximum Gasteiger partial charge on any atom is 0.187 e. The number of carbonyl (C=O) groups excluding carboxylic acids is 1. The maximum absolute atomic E-state index is 14.5. The van der Waals surface area contributed by atoms with Gasteiger partial charge in [-0.15, -0.1) is 0 Å². The van der Waals surface area contributed by atoms with E-state index in [-0.39, 0.29) is 46.0 Å². The summed E-state index contributed by atoms with van der Waals surface area (Å²) in [6.07, 6.45) is 2.61. The van der Waals surface area contributed by atoms with Crippen LogP contribution in [0.1, 0.15) is 106 Å². The SMILES string of the molecule is CC(C)=CCC[C@](C)(O[C@@H]1O[C@H](CO)[C@@H](O)[C@H](O)[C@H]1O)[C@H]1CC[C@]2(C)[C@@H]1C(=O)C[C@H]1[C@@]3(C)CC[C@H](O)[C@@H](C)[C@H]3CC[C@]12C. The highest BCUT2D eigenvalue weighted by Gasteiger charge is 2.71. The molecule has 0 amide bonds. The predicted octanol–water partition coefficient (Wildman–Crippen LogP) is 4.14. The molecule has 0 bridgehead atoms. The summed E-state index contributed by atoms with van der Waals surface area (Å²) in [5.74, 6) is 0.915. The molecule has 15 atom stereocenters. The zero-order valence-electron chi connectivity index (χ0n) is 27.5. The van der Waals surface area contributed by atoms with Gasteiger partial charge in [-0.3, -0.25) is 4.79 Å². The van der Waals surface area contributed by atoms with Gasteiger partial charge in [0.25, 0.3) is 0 Å². The van der Waals surface area contributed by atoms with E-state index in [4.69, 9.17) is 9.47 Å².